The maximum atomic E-state index is 12.2. The van der Waals surface area contributed by atoms with Crippen molar-refractivity contribution < 1.29 is 8.42 Å². The second-order valence-corrected chi connectivity index (χ2v) is 5.88. The van der Waals surface area contributed by atoms with Crippen molar-refractivity contribution in [3.05, 3.63) is 41.7 Å². The molecule has 2 rings (SSSR count). The molecule has 19 heavy (non-hydrogen) atoms. The molecule has 1 heterocycles. The summed E-state index contributed by atoms with van der Waals surface area (Å²) in [6, 6.07) is 5.83. The Kier molecular flexibility index (Phi) is 3.90. The number of aromatic amines is 1. The van der Waals surface area contributed by atoms with Gasteiger partial charge in [0.05, 0.1) is 11.9 Å². The Labute approximate surface area is 113 Å². The van der Waals surface area contributed by atoms with E-state index in [4.69, 9.17) is 0 Å². The first-order valence-corrected chi connectivity index (χ1v) is 7.69. The molecule has 0 saturated carbocycles. The minimum absolute atomic E-state index is 0.139. The third-order valence-electron chi connectivity index (χ3n) is 3.02. The van der Waals surface area contributed by atoms with Gasteiger partial charge in [-0.15, -0.1) is 0 Å². The zero-order chi connectivity index (χ0) is 13.9. The first kappa shape index (κ1) is 13.6. The highest BCUT2D eigenvalue weighted by molar-refractivity contribution is 7.92. The molecule has 5 nitrogen and oxygen atoms in total. The van der Waals surface area contributed by atoms with Gasteiger partial charge in [0.2, 0.25) is 0 Å². The monoisotopic (exact) mass is 279 g/mol. The van der Waals surface area contributed by atoms with E-state index in [-0.39, 0.29) is 4.90 Å². The lowest BCUT2D eigenvalue weighted by molar-refractivity contribution is 0.601. The average molecular weight is 279 g/mol. The van der Waals surface area contributed by atoms with Gasteiger partial charge in [0.1, 0.15) is 4.90 Å². The van der Waals surface area contributed by atoms with E-state index in [2.05, 4.69) is 14.9 Å². The van der Waals surface area contributed by atoms with Crippen molar-refractivity contribution in [3.63, 3.8) is 0 Å². The van der Waals surface area contributed by atoms with Crippen LogP contribution in [-0.2, 0) is 22.9 Å². The van der Waals surface area contributed by atoms with E-state index in [0.717, 1.165) is 24.0 Å². The third kappa shape index (κ3) is 2.78. The molecule has 0 aliphatic carbocycles. The van der Waals surface area contributed by atoms with Crippen LogP contribution in [0.4, 0.5) is 5.69 Å². The minimum atomic E-state index is -3.58. The Morgan fingerprint density at radius 1 is 1.21 bits per heavy atom. The van der Waals surface area contributed by atoms with E-state index in [1.165, 1.54) is 12.4 Å². The summed E-state index contributed by atoms with van der Waals surface area (Å²) in [7, 11) is -3.58. The zero-order valence-electron chi connectivity index (χ0n) is 11.0. The summed E-state index contributed by atoms with van der Waals surface area (Å²) in [5.41, 5.74) is 2.67. The van der Waals surface area contributed by atoms with Crippen molar-refractivity contribution >= 4 is 15.7 Å². The smallest absolute Gasteiger partial charge is 0.265 e. The van der Waals surface area contributed by atoms with E-state index in [1.807, 2.05) is 32.0 Å². The number of para-hydroxylation sites is 1. The Bertz CT molecular complexity index is 626. The first-order valence-electron chi connectivity index (χ1n) is 6.20. The molecule has 1 aromatic heterocycles. The van der Waals surface area contributed by atoms with Gasteiger partial charge in [-0.2, -0.15) is 5.10 Å². The summed E-state index contributed by atoms with van der Waals surface area (Å²) in [6.45, 7) is 4.01. The highest BCUT2D eigenvalue weighted by Gasteiger charge is 2.18. The highest BCUT2D eigenvalue weighted by atomic mass is 32.2. The standard InChI is InChI=1S/C13H17N3O2S/c1-3-10-6-5-7-11(4-2)13(10)16-19(17,18)12-8-14-15-9-12/h5-9,16H,3-4H2,1-2H3,(H,14,15). The van der Waals surface area contributed by atoms with Crippen molar-refractivity contribution in [3.8, 4) is 0 Å². The fourth-order valence-electron chi connectivity index (χ4n) is 1.95. The van der Waals surface area contributed by atoms with Crippen LogP contribution in [0.5, 0.6) is 0 Å². The molecule has 0 aliphatic rings. The number of nitrogens with zero attached hydrogens (tertiary/aromatic N) is 1. The van der Waals surface area contributed by atoms with Gasteiger partial charge in [-0.25, -0.2) is 8.42 Å². The van der Waals surface area contributed by atoms with Crippen molar-refractivity contribution in [1.29, 1.82) is 0 Å². The van der Waals surface area contributed by atoms with Gasteiger partial charge in [0.25, 0.3) is 10.0 Å². The molecular formula is C13H17N3O2S. The number of hydrogen-bond acceptors (Lipinski definition) is 3. The summed E-state index contributed by atoms with van der Waals surface area (Å²) >= 11 is 0. The van der Waals surface area contributed by atoms with E-state index in [1.54, 1.807) is 0 Å². The fourth-order valence-corrected chi connectivity index (χ4v) is 3.00. The van der Waals surface area contributed by atoms with Crippen LogP contribution in [0.1, 0.15) is 25.0 Å². The second-order valence-electron chi connectivity index (χ2n) is 4.20. The number of sulfonamides is 1. The Hall–Kier alpha value is -1.82. The van der Waals surface area contributed by atoms with E-state index >= 15 is 0 Å². The molecule has 0 unspecified atom stereocenters. The zero-order valence-corrected chi connectivity index (χ0v) is 11.8. The molecule has 0 saturated heterocycles. The fraction of sp³-hybridized carbons (Fsp3) is 0.308. The largest absolute Gasteiger partial charge is 0.284 e. The number of hydrogen-bond donors (Lipinski definition) is 2. The first-order chi connectivity index (χ1) is 9.08. The number of benzene rings is 1. The number of nitrogens with one attached hydrogen (secondary N) is 2. The van der Waals surface area contributed by atoms with Gasteiger partial charge in [0.15, 0.2) is 0 Å². The van der Waals surface area contributed by atoms with Crippen molar-refractivity contribution in [2.45, 2.75) is 31.6 Å². The molecule has 0 spiro atoms. The molecule has 0 radical (unpaired) electrons. The molecule has 0 bridgehead atoms. The van der Waals surface area contributed by atoms with Gasteiger partial charge < -0.3 is 0 Å². The molecular weight excluding hydrogens is 262 g/mol. The van der Waals surface area contributed by atoms with E-state index in [9.17, 15) is 8.42 Å². The van der Waals surface area contributed by atoms with E-state index < -0.39 is 10.0 Å². The molecule has 0 atom stereocenters. The van der Waals surface area contributed by atoms with Crippen LogP contribution in [0.2, 0.25) is 0 Å². The number of anilines is 1. The Balaban J connectivity index is 2.44. The topological polar surface area (TPSA) is 74.8 Å². The van der Waals surface area contributed by atoms with Crippen LogP contribution in [-0.4, -0.2) is 18.6 Å². The summed E-state index contributed by atoms with van der Waals surface area (Å²) in [5.74, 6) is 0. The van der Waals surface area contributed by atoms with Crippen LogP contribution in [0.25, 0.3) is 0 Å². The maximum Gasteiger partial charge on any atom is 0.265 e. The lowest BCUT2D eigenvalue weighted by Crippen LogP contribution is -2.15. The van der Waals surface area contributed by atoms with Crippen molar-refractivity contribution in [2.24, 2.45) is 0 Å². The molecule has 0 fully saturated rings. The second kappa shape index (κ2) is 5.44. The van der Waals surface area contributed by atoms with Gasteiger partial charge >= 0.3 is 0 Å². The lowest BCUT2D eigenvalue weighted by atomic mass is 10.0. The molecule has 0 aliphatic heterocycles. The van der Waals surface area contributed by atoms with Crippen molar-refractivity contribution in [2.75, 3.05) is 4.72 Å². The number of aromatic nitrogens is 2. The van der Waals surface area contributed by atoms with Gasteiger partial charge in [0, 0.05) is 6.20 Å². The SMILES string of the molecule is CCc1cccc(CC)c1NS(=O)(=O)c1cn[nH]c1. The summed E-state index contributed by atoms with van der Waals surface area (Å²) in [4.78, 5) is 0.139. The summed E-state index contributed by atoms with van der Waals surface area (Å²) in [6.07, 6.45) is 4.21. The van der Waals surface area contributed by atoms with Crippen molar-refractivity contribution in [1.82, 2.24) is 10.2 Å². The van der Waals surface area contributed by atoms with Crippen LogP contribution in [0.15, 0.2) is 35.5 Å². The Morgan fingerprint density at radius 3 is 2.32 bits per heavy atom. The van der Waals surface area contributed by atoms with Crippen LogP contribution in [0.3, 0.4) is 0 Å². The normalized spacial score (nSPS) is 11.5. The summed E-state index contributed by atoms with van der Waals surface area (Å²) in [5, 5.41) is 6.18. The van der Waals surface area contributed by atoms with Crippen LogP contribution < -0.4 is 4.72 Å². The third-order valence-corrected chi connectivity index (χ3v) is 4.34. The molecule has 1 aromatic carbocycles. The van der Waals surface area contributed by atoms with Gasteiger partial charge in [-0.3, -0.25) is 9.82 Å². The predicted molar refractivity (Wildman–Crippen MR) is 74.6 cm³/mol. The maximum absolute atomic E-state index is 12.2. The Morgan fingerprint density at radius 2 is 1.84 bits per heavy atom. The number of rotatable bonds is 5. The molecule has 0 amide bonds. The minimum Gasteiger partial charge on any atom is -0.284 e. The average Bonchev–Trinajstić information content (AvgIpc) is 2.93. The van der Waals surface area contributed by atoms with Crippen LogP contribution >= 0.6 is 0 Å². The number of aryl methyl sites for hydroxylation is 2. The van der Waals surface area contributed by atoms with Gasteiger partial charge in [-0.1, -0.05) is 32.0 Å². The molecule has 6 heteroatoms. The summed E-state index contributed by atoms with van der Waals surface area (Å²) < 4.78 is 27.1. The highest BCUT2D eigenvalue weighted by Crippen LogP contribution is 2.25. The van der Waals surface area contributed by atoms with Gasteiger partial charge in [-0.05, 0) is 24.0 Å². The predicted octanol–water partition coefficient (Wildman–Crippen LogP) is 2.34. The van der Waals surface area contributed by atoms with E-state index in [0.29, 0.717) is 5.69 Å². The lowest BCUT2D eigenvalue weighted by Gasteiger charge is -2.14. The molecule has 2 aromatic rings. The van der Waals surface area contributed by atoms with Crippen LogP contribution in [0, 0.1) is 0 Å². The molecule has 102 valence electrons. The molecule has 2 N–H and O–H groups in total. The number of H-pyrrole nitrogens is 1. The quantitative estimate of drug-likeness (QED) is 0.882.